The first-order chi connectivity index (χ1) is 15.9. The van der Waals surface area contributed by atoms with Gasteiger partial charge in [-0.25, -0.2) is 9.18 Å². The predicted molar refractivity (Wildman–Crippen MR) is 118 cm³/mol. The molecule has 1 aliphatic rings. The van der Waals surface area contributed by atoms with Gasteiger partial charge in [-0.1, -0.05) is 19.8 Å². The molecule has 7 nitrogen and oxygen atoms in total. The van der Waals surface area contributed by atoms with Gasteiger partial charge in [0.2, 0.25) is 5.91 Å². The number of amides is 1. The number of nitrogens with zero attached hydrogens (tertiary/aromatic N) is 1. The summed E-state index contributed by atoms with van der Waals surface area (Å²) in [7, 11) is 0. The number of hydrogen-bond acceptors (Lipinski definition) is 6. The number of Topliss-reactive ketones (excluding diaryl/α,β-unsaturated/α-hetero) is 1. The Morgan fingerprint density at radius 2 is 1.64 bits per heavy atom. The molecule has 1 fully saturated rings. The second-order valence-electron chi connectivity index (χ2n) is 7.83. The average Bonchev–Trinajstić information content (AvgIpc) is 3.22. The molecule has 0 aromatic heterocycles. The maximum atomic E-state index is 13.0. The van der Waals surface area contributed by atoms with Gasteiger partial charge in [0.25, 0.3) is 0 Å². The number of carbonyl (C=O) groups is 4. The molecular formula is C25H26FNO6. The van der Waals surface area contributed by atoms with Gasteiger partial charge in [0.15, 0.2) is 12.4 Å². The molecule has 2 aromatic carbocycles. The second-order valence-corrected chi connectivity index (χ2v) is 7.83. The van der Waals surface area contributed by atoms with E-state index in [1.807, 2.05) is 0 Å². The average molecular weight is 455 g/mol. The van der Waals surface area contributed by atoms with Crippen LogP contribution in [0.4, 0.5) is 10.1 Å². The van der Waals surface area contributed by atoms with Crippen molar-refractivity contribution in [1.82, 2.24) is 0 Å². The molecule has 1 amide bonds. The van der Waals surface area contributed by atoms with Crippen LogP contribution in [0.2, 0.25) is 0 Å². The molecule has 0 spiro atoms. The molecule has 1 saturated heterocycles. The first-order valence-electron chi connectivity index (χ1n) is 10.9. The highest BCUT2D eigenvalue weighted by Crippen LogP contribution is 2.26. The van der Waals surface area contributed by atoms with E-state index in [4.69, 9.17) is 9.47 Å². The van der Waals surface area contributed by atoms with E-state index in [-0.39, 0.29) is 24.4 Å². The summed E-state index contributed by atoms with van der Waals surface area (Å²) < 4.78 is 23.3. The van der Waals surface area contributed by atoms with Crippen LogP contribution >= 0.6 is 0 Å². The highest BCUT2D eigenvalue weighted by molar-refractivity contribution is 6.01. The molecule has 0 aliphatic carbocycles. The summed E-state index contributed by atoms with van der Waals surface area (Å²) in [6, 6.07) is 11.4. The maximum absolute atomic E-state index is 13.0. The van der Waals surface area contributed by atoms with E-state index in [0.29, 0.717) is 17.9 Å². The van der Waals surface area contributed by atoms with Crippen molar-refractivity contribution in [3.63, 3.8) is 0 Å². The zero-order valence-electron chi connectivity index (χ0n) is 18.4. The predicted octanol–water partition coefficient (Wildman–Crippen LogP) is 3.95. The number of carbonyl (C=O) groups excluding carboxylic acids is 4. The first-order valence-corrected chi connectivity index (χ1v) is 10.9. The Hall–Kier alpha value is -3.55. The van der Waals surface area contributed by atoms with Gasteiger partial charge in [0.1, 0.15) is 5.82 Å². The standard InChI is InChI=1S/C25H26FNO6/c1-2-3-4-13-32-24(30)18-7-11-21(12-8-18)27-15-19(14-23(27)29)25(31)33-16-22(28)17-5-9-20(26)10-6-17/h5-12,19H,2-4,13-16H2,1H3/t19-/m1/s1. The Labute approximate surface area is 191 Å². The fraction of sp³-hybridized carbons (Fsp3) is 0.360. The Morgan fingerprint density at radius 1 is 0.970 bits per heavy atom. The van der Waals surface area contributed by atoms with Gasteiger partial charge in [-0.2, -0.15) is 0 Å². The molecule has 0 radical (unpaired) electrons. The van der Waals surface area contributed by atoms with Crippen LogP contribution in [0, 0.1) is 11.7 Å². The number of ether oxygens (including phenoxy) is 2. The van der Waals surface area contributed by atoms with Crippen LogP contribution in [-0.2, 0) is 19.1 Å². The van der Waals surface area contributed by atoms with Crippen molar-refractivity contribution >= 4 is 29.3 Å². The van der Waals surface area contributed by atoms with E-state index in [0.717, 1.165) is 31.4 Å². The lowest BCUT2D eigenvalue weighted by atomic mass is 10.1. The van der Waals surface area contributed by atoms with Crippen molar-refractivity contribution in [2.75, 3.05) is 24.7 Å². The zero-order chi connectivity index (χ0) is 23.8. The van der Waals surface area contributed by atoms with Gasteiger partial charge in [0, 0.05) is 24.2 Å². The second kappa shape index (κ2) is 11.4. The third-order valence-corrected chi connectivity index (χ3v) is 5.37. The van der Waals surface area contributed by atoms with Gasteiger partial charge in [-0.3, -0.25) is 14.4 Å². The summed E-state index contributed by atoms with van der Waals surface area (Å²) in [5.74, 6) is -2.95. The minimum absolute atomic E-state index is 0.0369. The van der Waals surface area contributed by atoms with E-state index in [2.05, 4.69) is 6.92 Å². The van der Waals surface area contributed by atoms with Crippen molar-refractivity contribution in [2.24, 2.45) is 5.92 Å². The number of unbranched alkanes of at least 4 members (excludes halogenated alkanes) is 2. The highest BCUT2D eigenvalue weighted by Gasteiger charge is 2.36. The molecule has 1 atom stereocenters. The Morgan fingerprint density at radius 3 is 2.30 bits per heavy atom. The summed E-state index contributed by atoms with van der Waals surface area (Å²) in [5.41, 5.74) is 1.18. The van der Waals surface area contributed by atoms with Gasteiger partial charge >= 0.3 is 11.9 Å². The SMILES string of the molecule is CCCCCOC(=O)c1ccc(N2C[C@H](C(=O)OCC(=O)c3ccc(F)cc3)CC2=O)cc1. The Kier molecular flexibility index (Phi) is 8.29. The molecule has 0 unspecified atom stereocenters. The molecule has 2 aromatic rings. The lowest BCUT2D eigenvalue weighted by Crippen LogP contribution is -2.27. The van der Waals surface area contributed by atoms with Crippen LogP contribution < -0.4 is 4.90 Å². The number of ketones is 1. The number of benzene rings is 2. The number of hydrogen-bond donors (Lipinski definition) is 0. The van der Waals surface area contributed by atoms with Crippen molar-refractivity contribution in [2.45, 2.75) is 32.6 Å². The lowest BCUT2D eigenvalue weighted by Gasteiger charge is -2.17. The lowest BCUT2D eigenvalue weighted by molar-refractivity contribution is -0.147. The largest absolute Gasteiger partial charge is 0.462 e. The van der Waals surface area contributed by atoms with Crippen molar-refractivity contribution in [3.05, 3.63) is 65.5 Å². The minimum Gasteiger partial charge on any atom is -0.462 e. The maximum Gasteiger partial charge on any atom is 0.338 e. The van der Waals surface area contributed by atoms with Crippen molar-refractivity contribution < 1.29 is 33.0 Å². The molecular weight excluding hydrogens is 429 g/mol. The number of esters is 2. The molecule has 0 saturated carbocycles. The summed E-state index contributed by atoms with van der Waals surface area (Å²) in [6.45, 7) is 2.07. The Balaban J connectivity index is 1.51. The van der Waals surface area contributed by atoms with Crippen LogP contribution in [0.25, 0.3) is 0 Å². The number of anilines is 1. The highest BCUT2D eigenvalue weighted by atomic mass is 19.1. The van der Waals surface area contributed by atoms with Gasteiger partial charge in [-0.15, -0.1) is 0 Å². The van der Waals surface area contributed by atoms with Crippen LogP contribution in [0.15, 0.2) is 48.5 Å². The normalized spacial score (nSPS) is 15.4. The van der Waals surface area contributed by atoms with E-state index >= 15 is 0 Å². The summed E-state index contributed by atoms with van der Waals surface area (Å²) >= 11 is 0. The molecule has 8 heteroatoms. The molecule has 33 heavy (non-hydrogen) atoms. The Bertz CT molecular complexity index is 1000. The number of halogens is 1. The van der Waals surface area contributed by atoms with E-state index in [9.17, 15) is 23.6 Å². The zero-order valence-corrected chi connectivity index (χ0v) is 18.4. The molecule has 1 heterocycles. The fourth-order valence-corrected chi connectivity index (χ4v) is 3.47. The van der Waals surface area contributed by atoms with Crippen LogP contribution in [0.3, 0.4) is 0 Å². The summed E-state index contributed by atoms with van der Waals surface area (Å²) in [6.07, 6.45) is 2.81. The third kappa shape index (κ3) is 6.47. The monoisotopic (exact) mass is 455 g/mol. The van der Waals surface area contributed by atoms with E-state index < -0.39 is 36.1 Å². The van der Waals surface area contributed by atoms with Crippen LogP contribution in [0.1, 0.15) is 53.3 Å². The van der Waals surface area contributed by atoms with Crippen LogP contribution in [-0.4, -0.2) is 43.4 Å². The minimum atomic E-state index is -0.707. The molecule has 1 aliphatic heterocycles. The molecule has 3 rings (SSSR count). The van der Waals surface area contributed by atoms with Crippen molar-refractivity contribution in [3.8, 4) is 0 Å². The molecule has 0 N–H and O–H groups in total. The third-order valence-electron chi connectivity index (χ3n) is 5.37. The topological polar surface area (TPSA) is 90.0 Å². The fourth-order valence-electron chi connectivity index (χ4n) is 3.47. The number of rotatable bonds is 10. The van der Waals surface area contributed by atoms with E-state index in [1.54, 1.807) is 24.3 Å². The summed E-state index contributed by atoms with van der Waals surface area (Å²) in [4.78, 5) is 50.4. The summed E-state index contributed by atoms with van der Waals surface area (Å²) in [5, 5.41) is 0. The molecule has 174 valence electrons. The smallest absolute Gasteiger partial charge is 0.338 e. The van der Waals surface area contributed by atoms with Gasteiger partial charge in [-0.05, 0) is 55.0 Å². The molecule has 0 bridgehead atoms. The van der Waals surface area contributed by atoms with Gasteiger partial charge < -0.3 is 14.4 Å². The first kappa shape index (κ1) is 24.1. The van der Waals surface area contributed by atoms with Crippen LogP contribution in [0.5, 0.6) is 0 Å². The van der Waals surface area contributed by atoms with Crippen molar-refractivity contribution in [1.29, 1.82) is 0 Å². The van der Waals surface area contributed by atoms with E-state index in [1.165, 1.54) is 17.0 Å². The van der Waals surface area contributed by atoms with Gasteiger partial charge in [0.05, 0.1) is 18.1 Å². The quantitative estimate of drug-likeness (QED) is 0.306.